The average Bonchev–Trinajstić information content (AvgIpc) is 2.37. The highest BCUT2D eigenvalue weighted by Gasteiger charge is 2.42. The van der Waals surface area contributed by atoms with Gasteiger partial charge in [-0.1, -0.05) is 30.1 Å². The van der Waals surface area contributed by atoms with Crippen molar-refractivity contribution in [3.63, 3.8) is 0 Å². The highest BCUT2D eigenvalue weighted by molar-refractivity contribution is 6.44. The Hall–Kier alpha value is -1.37. The second-order valence-corrected chi connectivity index (χ2v) is 5.57. The summed E-state index contributed by atoms with van der Waals surface area (Å²) in [6.45, 7) is 2.18. The molecule has 0 saturated carbocycles. The Kier molecular flexibility index (Phi) is 3.90. The number of hydrogen-bond donors (Lipinski definition) is 1. The highest BCUT2D eigenvalue weighted by atomic mass is 35.5. The van der Waals surface area contributed by atoms with Crippen molar-refractivity contribution in [2.45, 2.75) is 18.9 Å². The minimum Gasteiger partial charge on any atom is -0.386 e. The van der Waals surface area contributed by atoms with Crippen molar-refractivity contribution in [2.24, 2.45) is 0 Å². The first kappa shape index (κ1) is 15.0. The Labute approximate surface area is 125 Å². The zero-order chi connectivity index (χ0) is 15.1. The number of likely N-dealkylation sites (tertiary alicyclic amines) is 1. The number of nitro benzene ring substituents is 1. The first-order valence-electron chi connectivity index (χ1n) is 5.92. The second kappa shape index (κ2) is 5.20. The van der Waals surface area contributed by atoms with E-state index < -0.39 is 16.4 Å². The average molecular weight is 319 g/mol. The van der Waals surface area contributed by atoms with Crippen LogP contribution in [-0.4, -0.2) is 39.5 Å². The lowest BCUT2D eigenvalue weighted by Gasteiger charge is -2.46. The normalized spacial score (nSPS) is 16.7. The van der Waals surface area contributed by atoms with Crippen LogP contribution in [0.4, 0.5) is 5.69 Å². The third-order valence-electron chi connectivity index (χ3n) is 3.37. The molecule has 1 aliphatic rings. The number of nitro groups is 1. The third kappa shape index (κ3) is 2.59. The van der Waals surface area contributed by atoms with Crippen molar-refractivity contribution in [1.82, 2.24) is 4.90 Å². The maximum atomic E-state index is 12.2. The molecule has 0 unspecified atom stereocenters. The number of β-amino-alcohol motifs (C(OH)–C–C–N with tert-alkyl or cyclic N) is 1. The molecule has 0 aromatic heterocycles. The van der Waals surface area contributed by atoms with Crippen LogP contribution in [0.1, 0.15) is 23.7 Å². The summed E-state index contributed by atoms with van der Waals surface area (Å²) in [5, 5.41) is 20.6. The predicted molar refractivity (Wildman–Crippen MR) is 74.3 cm³/mol. The maximum Gasteiger partial charge on any atom is 0.271 e. The van der Waals surface area contributed by atoms with Crippen molar-refractivity contribution in [3.8, 4) is 0 Å². The Morgan fingerprint density at radius 2 is 2.10 bits per heavy atom. The molecule has 1 saturated heterocycles. The van der Waals surface area contributed by atoms with Crippen LogP contribution < -0.4 is 0 Å². The van der Waals surface area contributed by atoms with Crippen molar-refractivity contribution in [2.75, 3.05) is 13.1 Å². The summed E-state index contributed by atoms with van der Waals surface area (Å²) >= 11 is 11.7. The van der Waals surface area contributed by atoms with Gasteiger partial charge in [-0.2, -0.15) is 0 Å². The maximum absolute atomic E-state index is 12.2. The molecule has 1 amide bonds. The molecule has 2 rings (SSSR count). The van der Waals surface area contributed by atoms with Gasteiger partial charge in [0.2, 0.25) is 0 Å². The zero-order valence-electron chi connectivity index (χ0n) is 10.6. The molecular weight excluding hydrogens is 307 g/mol. The zero-order valence-corrected chi connectivity index (χ0v) is 12.1. The van der Waals surface area contributed by atoms with Gasteiger partial charge in [0.25, 0.3) is 11.6 Å². The fourth-order valence-electron chi connectivity index (χ4n) is 2.04. The van der Waals surface area contributed by atoms with E-state index in [-0.39, 0.29) is 34.4 Å². The summed E-state index contributed by atoms with van der Waals surface area (Å²) in [6, 6.07) is 2.19. The molecule has 1 heterocycles. The number of nitrogens with zero attached hydrogens (tertiary/aromatic N) is 2. The molecule has 8 heteroatoms. The van der Waals surface area contributed by atoms with Gasteiger partial charge in [0.15, 0.2) is 0 Å². The molecule has 1 aromatic rings. The lowest BCUT2D eigenvalue weighted by Crippen LogP contribution is -2.63. The molecule has 1 N–H and O–H groups in total. The van der Waals surface area contributed by atoms with Crippen LogP contribution >= 0.6 is 23.2 Å². The highest BCUT2D eigenvalue weighted by Crippen LogP contribution is 2.34. The van der Waals surface area contributed by atoms with Gasteiger partial charge in [-0.3, -0.25) is 14.9 Å². The third-order valence-corrected chi connectivity index (χ3v) is 4.17. The van der Waals surface area contributed by atoms with E-state index in [0.717, 1.165) is 12.1 Å². The van der Waals surface area contributed by atoms with Crippen molar-refractivity contribution < 1.29 is 14.8 Å². The molecule has 1 aliphatic heterocycles. The Balaban J connectivity index is 2.29. The standard InChI is InChI=1S/C12H12Cl2N2O4/c1-2-12(18)5-15(6-12)11(17)8-3-7(16(19)20)4-9(13)10(8)14/h3-4,18H,2,5-6H2,1H3. The summed E-state index contributed by atoms with van der Waals surface area (Å²) < 4.78 is 0. The van der Waals surface area contributed by atoms with Gasteiger partial charge in [-0.25, -0.2) is 0 Å². The molecule has 6 nitrogen and oxygen atoms in total. The Bertz CT molecular complexity index is 585. The summed E-state index contributed by atoms with van der Waals surface area (Å²) in [4.78, 5) is 23.7. The Morgan fingerprint density at radius 1 is 1.50 bits per heavy atom. The van der Waals surface area contributed by atoms with Gasteiger partial charge >= 0.3 is 0 Å². The molecule has 1 fully saturated rings. The summed E-state index contributed by atoms with van der Waals surface area (Å²) in [6.07, 6.45) is 0.528. The van der Waals surface area contributed by atoms with Gasteiger partial charge in [0.05, 0.1) is 39.2 Å². The van der Waals surface area contributed by atoms with Gasteiger partial charge in [0, 0.05) is 12.1 Å². The van der Waals surface area contributed by atoms with Gasteiger partial charge < -0.3 is 10.0 Å². The van der Waals surface area contributed by atoms with E-state index in [9.17, 15) is 20.0 Å². The smallest absolute Gasteiger partial charge is 0.271 e. The van der Waals surface area contributed by atoms with E-state index in [1.807, 2.05) is 6.92 Å². The van der Waals surface area contributed by atoms with Crippen LogP contribution in [0.2, 0.25) is 10.0 Å². The van der Waals surface area contributed by atoms with E-state index in [1.165, 1.54) is 4.90 Å². The molecule has 1 aromatic carbocycles. The number of non-ortho nitro benzene ring substituents is 1. The van der Waals surface area contributed by atoms with E-state index in [1.54, 1.807) is 0 Å². The molecule has 0 atom stereocenters. The molecule has 0 radical (unpaired) electrons. The summed E-state index contributed by atoms with van der Waals surface area (Å²) in [5.41, 5.74) is -1.20. The van der Waals surface area contributed by atoms with Crippen LogP contribution in [0.25, 0.3) is 0 Å². The minimum atomic E-state index is -0.882. The number of aliphatic hydroxyl groups is 1. The number of amides is 1. The molecule has 0 aliphatic carbocycles. The van der Waals surface area contributed by atoms with Crippen LogP contribution in [0.15, 0.2) is 12.1 Å². The fraction of sp³-hybridized carbons (Fsp3) is 0.417. The van der Waals surface area contributed by atoms with Crippen LogP contribution in [-0.2, 0) is 0 Å². The first-order chi connectivity index (χ1) is 9.27. The topological polar surface area (TPSA) is 83.7 Å². The van der Waals surface area contributed by atoms with E-state index in [0.29, 0.717) is 6.42 Å². The number of rotatable bonds is 3. The monoisotopic (exact) mass is 318 g/mol. The summed E-state index contributed by atoms with van der Waals surface area (Å²) in [7, 11) is 0. The quantitative estimate of drug-likeness (QED) is 0.685. The van der Waals surface area contributed by atoms with Gasteiger partial charge in [-0.15, -0.1) is 0 Å². The summed E-state index contributed by atoms with van der Waals surface area (Å²) in [5.74, 6) is -0.473. The molecule has 108 valence electrons. The minimum absolute atomic E-state index is 0.0193. The number of hydrogen-bond acceptors (Lipinski definition) is 4. The first-order valence-corrected chi connectivity index (χ1v) is 6.68. The molecule has 20 heavy (non-hydrogen) atoms. The predicted octanol–water partition coefficient (Wildman–Crippen LogP) is 2.50. The number of carbonyl (C=O) groups is 1. The largest absolute Gasteiger partial charge is 0.386 e. The van der Waals surface area contributed by atoms with E-state index in [2.05, 4.69) is 0 Å². The number of halogens is 2. The molecule has 0 spiro atoms. The number of carbonyl (C=O) groups excluding carboxylic acids is 1. The van der Waals surface area contributed by atoms with Crippen molar-refractivity contribution in [3.05, 3.63) is 37.9 Å². The Morgan fingerprint density at radius 3 is 2.60 bits per heavy atom. The van der Waals surface area contributed by atoms with Crippen LogP contribution in [0, 0.1) is 10.1 Å². The van der Waals surface area contributed by atoms with Gasteiger partial charge in [0.1, 0.15) is 0 Å². The van der Waals surface area contributed by atoms with Crippen LogP contribution in [0.5, 0.6) is 0 Å². The van der Waals surface area contributed by atoms with Crippen molar-refractivity contribution >= 4 is 34.8 Å². The molecule has 0 bridgehead atoms. The van der Waals surface area contributed by atoms with Crippen molar-refractivity contribution in [1.29, 1.82) is 0 Å². The molecular formula is C12H12Cl2N2O4. The lowest BCUT2D eigenvalue weighted by atomic mass is 9.90. The van der Waals surface area contributed by atoms with E-state index in [4.69, 9.17) is 23.2 Å². The second-order valence-electron chi connectivity index (χ2n) is 4.79. The SMILES string of the molecule is CCC1(O)CN(C(=O)c2cc([N+](=O)[O-])cc(Cl)c2Cl)C1. The fourth-order valence-corrected chi connectivity index (χ4v) is 2.44. The lowest BCUT2D eigenvalue weighted by molar-refractivity contribution is -0.384. The van der Waals surface area contributed by atoms with Crippen LogP contribution in [0.3, 0.4) is 0 Å². The van der Waals surface area contributed by atoms with E-state index >= 15 is 0 Å². The van der Waals surface area contributed by atoms with Gasteiger partial charge in [-0.05, 0) is 6.42 Å². The number of benzene rings is 1.